The van der Waals surface area contributed by atoms with Gasteiger partial charge >= 0.3 is 4.87 Å². The second kappa shape index (κ2) is 4.67. The molecule has 0 saturated carbocycles. The monoisotopic (exact) mass is 260 g/mol. The molecule has 0 spiro atoms. The zero-order valence-electron chi connectivity index (χ0n) is 8.68. The molecule has 0 bridgehead atoms. The minimum absolute atomic E-state index is 0.0954. The van der Waals surface area contributed by atoms with Gasteiger partial charge in [0.05, 0.1) is 6.61 Å². The molecule has 17 heavy (non-hydrogen) atoms. The normalized spacial score (nSPS) is 32.9. The van der Waals surface area contributed by atoms with Gasteiger partial charge in [-0.3, -0.25) is 14.8 Å². The second-order valence-corrected chi connectivity index (χ2v) is 4.68. The first kappa shape index (κ1) is 12.4. The molecule has 2 rings (SSSR count). The van der Waals surface area contributed by atoms with Crippen LogP contribution in [0.1, 0.15) is 6.23 Å². The van der Waals surface area contributed by atoms with Crippen molar-refractivity contribution >= 4 is 11.3 Å². The molecule has 8 heteroatoms. The fourth-order valence-corrected chi connectivity index (χ4v) is 2.28. The third-order valence-corrected chi connectivity index (χ3v) is 3.33. The number of aromatic nitrogens is 1. The average Bonchev–Trinajstić information content (AvgIpc) is 2.57. The van der Waals surface area contributed by atoms with Crippen LogP contribution in [0.15, 0.2) is 17.1 Å². The number of aliphatic hydroxyl groups excluding tert-OH is 3. The lowest BCUT2D eigenvalue weighted by Gasteiger charge is -2.16. The number of hydrogen-bond donors (Lipinski definition) is 4. The first-order valence-electron chi connectivity index (χ1n) is 4.94. The highest BCUT2D eigenvalue weighted by atomic mass is 32.1. The van der Waals surface area contributed by atoms with E-state index in [0.29, 0.717) is 11.3 Å². The third-order valence-electron chi connectivity index (χ3n) is 2.59. The van der Waals surface area contributed by atoms with Crippen molar-refractivity contribution < 1.29 is 20.1 Å². The molecule has 1 aliphatic heterocycles. The summed E-state index contributed by atoms with van der Waals surface area (Å²) in [5.74, 6) is 0. The number of aliphatic hydroxyl groups is 3. The van der Waals surface area contributed by atoms with E-state index in [1.54, 1.807) is 0 Å². The van der Waals surface area contributed by atoms with Crippen molar-refractivity contribution in [2.24, 2.45) is 0 Å². The molecule has 1 saturated heterocycles. The van der Waals surface area contributed by atoms with E-state index < -0.39 is 36.0 Å². The van der Waals surface area contributed by atoms with E-state index in [0.717, 1.165) is 4.57 Å². The van der Waals surface area contributed by atoms with Gasteiger partial charge in [0.25, 0.3) is 0 Å². The number of nitrogens with zero attached hydrogens (tertiary/aromatic N) is 1. The van der Waals surface area contributed by atoms with Crippen LogP contribution in [-0.4, -0.2) is 44.8 Å². The molecule has 4 atom stereocenters. The smallest absolute Gasteiger partial charge is 0.311 e. The summed E-state index contributed by atoms with van der Waals surface area (Å²) < 4.78 is 6.40. The van der Waals surface area contributed by atoms with Gasteiger partial charge in [-0.15, -0.1) is 0 Å². The molecule has 94 valence electrons. The first-order chi connectivity index (χ1) is 8.04. The highest BCUT2D eigenvalue weighted by Crippen LogP contribution is 2.27. The van der Waals surface area contributed by atoms with Crippen molar-refractivity contribution in [1.82, 2.24) is 4.57 Å². The van der Waals surface area contributed by atoms with E-state index in [1.165, 1.54) is 12.3 Å². The molecule has 2 heterocycles. The fourth-order valence-electron chi connectivity index (χ4n) is 1.69. The predicted octanol–water partition coefficient (Wildman–Crippen LogP) is -2.00. The summed E-state index contributed by atoms with van der Waals surface area (Å²) in [5.41, 5.74) is 0. The third kappa shape index (κ3) is 2.17. The van der Waals surface area contributed by atoms with Gasteiger partial charge in [-0.2, -0.15) is 0 Å². The molecule has 4 unspecified atom stereocenters. The minimum Gasteiger partial charge on any atom is -0.394 e. The van der Waals surface area contributed by atoms with Crippen LogP contribution >= 0.6 is 11.3 Å². The molecular formula is C9H12N2O5S. The number of ether oxygens (including phenoxy) is 1. The van der Waals surface area contributed by atoms with Crippen LogP contribution in [0.3, 0.4) is 0 Å². The van der Waals surface area contributed by atoms with Crippen molar-refractivity contribution in [2.75, 3.05) is 6.61 Å². The van der Waals surface area contributed by atoms with Crippen molar-refractivity contribution in [1.29, 1.82) is 5.41 Å². The van der Waals surface area contributed by atoms with Crippen LogP contribution < -0.4 is 9.54 Å². The van der Waals surface area contributed by atoms with E-state index in [4.69, 9.17) is 15.3 Å². The fraction of sp³-hybridized carbons (Fsp3) is 0.556. The van der Waals surface area contributed by atoms with Gasteiger partial charge in [-0.05, 0) is 6.07 Å². The summed E-state index contributed by atoms with van der Waals surface area (Å²) in [5, 5.41) is 35.5. The summed E-state index contributed by atoms with van der Waals surface area (Å²) in [4.78, 5) is 11.1. The summed E-state index contributed by atoms with van der Waals surface area (Å²) in [7, 11) is 0. The van der Waals surface area contributed by atoms with Gasteiger partial charge in [0.2, 0.25) is 0 Å². The molecule has 1 fully saturated rings. The average molecular weight is 260 g/mol. The Balaban J connectivity index is 2.35. The highest BCUT2D eigenvalue weighted by Gasteiger charge is 2.43. The number of rotatable bonds is 2. The van der Waals surface area contributed by atoms with Crippen LogP contribution in [0.2, 0.25) is 0 Å². The Morgan fingerprint density at radius 1 is 1.47 bits per heavy atom. The zero-order chi connectivity index (χ0) is 12.6. The van der Waals surface area contributed by atoms with Gasteiger partial charge in [0, 0.05) is 6.20 Å². The van der Waals surface area contributed by atoms with Crippen LogP contribution in [0, 0.1) is 5.41 Å². The Hall–Kier alpha value is -1.06. The zero-order valence-corrected chi connectivity index (χ0v) is 9.50. The van der Waals surface area contributed by atoms with Crippen molar-refractivity contribution in [3.8, 4) is 0 Å². The molecular weight excluding hydrogens is 248 g/mol. The lowest BCUT2D eigenvalue weighted by Crippen LogP contribution is -2.35. The molecule has 0 aliphatic carbocycles. The van der Waals surface area contributed by atoms with Gasteiger partial charge in [0.1, 0.15) is 23.0 Å². The van der Waals surface area contributed by atoms with Crippen LogP contribution in [0.25, 0.3) is 0 Å². The summed E-state index contributed by atoms with van der Waals surface area (Å²) >= 11 is 0.697. The highest BCUT2D eigenvalue weighted by molar-refractivity contribution is 7.06. The van der Waals surface area contributed by atoms with Gasteiger partial charge in [0.15, 0.2) is 6.23 Å². The van der Waals surface area contributed by atoms with Gasteiger partial charge in [-0.25, -0.2) is 0 Å². The quantitative estimate of drug-likeness (QED) is 0.491. The molecule has 1 aromatic heterocycles. The molecule has 7 nitrogen and oxygen atoms in total. The molecule has 4 N–H and O–H groups in total. The maximum absolute atomic E-state index is 11.6. The Kier molecular flexibility index (Phi) is 3.40. The van der Waals surface area contributed by atoms with Gasteiger partial charge in [-0.1, -0.05) is 11.3 Å². The Bertz CT molecular complexity index is 513. The Morgan fingerprint density at radius 2 is 2.18 bits per heavy atom. The van der Waals surface area contributed by atoms with E-state index in [1.807, 2.05) is 0 Å². The molecule has 0 amide bonds. The van der Waals surface area contributed by atoms with E-state index in [2.05, 4.69) is 0 Å². The van der Waals surface area contributed by atoms with E-state index in [-0.39, 0.29) is 4.67 Å². The van der Waals surface area contributed by atoms with Crippen molar-refractivity contribution in [3.63, 3.8) is 0 Å². The number of nitrogens with one attached hydrogen (secondary N) is 1. The SMILES string of the molecule is N=c1ccn(C2OC(CO)C(O)C2O)c(=O)s1. The maximum Gasteiger partial charge on any atom is 0.311 e. The maximum atomic E-state index is 11.6. The molecule has 0 aromatic carbocycles. The van der Waals surface area contributed by atoms with Crippen molar-refractivity contribution in [2.45, 2.75) is 24.5 Å². The lowest BCUT2D eigenvalue weighted by molar-refractivity contribution is -0.0539. The molecule has 1 aliphatic rings. The summed E-state index contributed by atoms with van der Waals surface area (Å²) in [6.07, 6.45) is -3.15. The second-order valence-electron chi connectivity index (χ2n) is 3.68. The standard InChI is InChI=1S/C9H12N2O5S/c10-5-1-2-11(9(15)17-5)8-7(14)6(13)4(3-12)16-8/h1-2,4,6-8,10,12-14H,3H2. The topological polar surface area (TPSA) is 116 Å². The van der Waals surface area contributed by atoms with Crippen LogP contribution in [0.5, 0.6) is 0 Å². The van der Waals surface area contributed by atoms with Crippen LogP contribution in [-0.2, 0) is 4.74 Å². The predicted molar refractivity (Wildman–Crippen MR) is 57.4 cm³/mol. The van der Waals surface area contributed by atoms with E-state index >= 15 is 0 Å². The minimum atomic E-state index is -1.28. The largest absolute Gasteiger partial charge is 0.394 e. The van der Waals surface area contributed by atoms with Crippen LogP contribution in [0.4, 0.5) is 0 Å². The van der Waals surface area contributed by atoms with Gasteiger partial charge < -0.3 is 20.1 Å². The molecule has 0 radical (unpaired) electrons. The summed E-state index contributed by atoms with van der Waals surface area (Å²) in [6, 6.07) is 1.39. The lowest BCUT2D eigenvalue weighted by atomic mass is 10.1. The Morgan fingerprint density at radius 3 is 2.71 bits per heavy atom. The summed E-state index contributed by atoms with van der Waals surface area (Å²) in [6.45, 7) is -0.441. The molecule has 1 aromatic rings. The Labute approximate surface area is 99.7 Å². The number of hydrogen-bond acceptors (Lipinski definition) is 7. The van der Waals surface area contributed by atoms with Crippen molar-refractivity contribution in [3.05, 3.63) is 26.6 Å². The first-order valence-corrected chi connectivity index (χ1v) is 5.75. The van der Waals surface area contributed by atoms with E-state index in [9.17, 15) is 15.0 Å².